The molecule has 0 N–H and O–H groups in total. The molecule has 2 aromatic rings. The van der Waals surface area contributed by atoms with Gasteiger partial charge in [-0.15, -0.1) is 10.2 Å². The molecule has 496 valence electrons. The van der Waals surface area contributed by atoms with Crippen LogP contribution < -0.4 is 0 Å². The van der Waals surface area contributed by atoms with Gasteiger partial charge in [-0.3, -0.25) is 48.2 Å². The van der Waals surface area contributed by atoms with Crippen LogP contribution in [0.5, 0.6) is 0 Å². The average Bonchev–Trinajstić information content (AvgIpc) is 1.24. The Balaban J connectivity index is 0.829. The Morgan fingerprint density at radius 2 is 0.648 bits per heavy atom. The van der Waals surface area contributed by atoms with Crippen molar-refractivity contribution in [3.63, 3.8) is 0 Å². The van der Waals surface area contributed by atoms with Gasteiger partial charge in [0.25, 0.3) is 0 Å². The van der Waals surface area contributed by atoms with Crippen LogP contribution in [0.1, 0.15) is 79.2 Å². The highest BCUT2D eigenvalue weighted by Gasteiger charge is 2.55. The molecule has 5 heterocycles. The minimum atomic E-state index is -1.35. The van der Waals surface area contributed by atoms with Crippen molar-refractivity contribution in [3.8, 4) is 0 Å². The lowest BCUT2D eigenvalue weighted by atomic mass is 9.97. The van der Waals surface area contributed by atoms with Gasteiger partial charge in [0, 0.05) is 94.7 Å². The molecule has 34 heteroatoms. The maximum Gasteiger partial charge on any atom is 0.303 e. The van der Waals surface area contributed by atoms with E-state index in [2.05, 4.69) is 30.4 Å². The predicted molar refractivity (Wildman–Crippen MR) is 292 cm³/mol. The highest BCUT2D eigenvalue weighted by molar-refractivity contribution is 5.70. The number of rotatable bonds is 40. The number of aromatic nitrogens is 6. The lowest BCUT2D eigenvalue weighted by Gasteiger charge is -2.44. The maximum atomic E-state index is 12.2. The van der Waals surface area contributed by atoms with E-state index in [0.29, 0.717) is 77.5 Å². The summed E-state index contributed by atoms with van der Waals surface area (Å²) in [5.74, 6) is -5.73. The van der Waals surface area contributed by atoms with Crippen LogP contribution in [0.3, 0.4) is 0 Å². The number of carbonyl (C=O) groups excluding carboxylic acids is 8. The van der Waals surface area contributed by atoms with Crippen molar-refractivity contribution >= 4 is 47.8 Å². The van der Waals surface area contributed by atoms with E-state index in [-0.39, 0.29) is 52.9 Å². The monoisotopic (exact) mass is 1260 g/mol. The molecular weight excluding hydrogens is 1180 g/mol. The third-order valence-corrected chi connectivity index (χ3v) is 12.9. The number of hydrogen-bond acceptors (Lipinski definition) is 32. The zero-order valence-electron chi connectivity index (χ0n) is 51.1. The molecule has 0 aromatic carbocycles. The Morgan fingerprint density at radius 3 is 0.943 bits per heavy atom. The summed E-state index contributed by atoms with van der Waals surface area (Å²) < 4.78 is 103. The summed E-state index contributed by atoms with van der Waals surface area (Å²) in [6.07, 6.45) is -9.75. The van der Waals surface area contributed by atoms with E-state index in [0.717, 1.165) is 80.8 Å². The van der Waals surface area contributed by atoms with E-state index in [4.69, 9.17) is 85.3 Å². The highest BCUT2D eigenvalue weighted by atomic mass is 16.7. The molecule has 34 nitrogen and oxygen atoms in total. The Kier molecular flexibility index (Phi) is 32.5. The van der Waals surface area contributed by atoms with E-state index in [1.165, 1.54) is 35.6 Å². The summed E-state index contributed by atoms with van der Waals surface area (Å²) in [5.41, 5.74) is 0.770. The van der Waals surface area contributed by atoms with E-state index in [9.17, 15) is 38.4 Å². The van der Waals surface area contributed by atoms with Crippen LogP contribution in [-0.4, -0.2) is 281 Å². The Labute approximate surface area is 508 Å². The molecule has 10 atom stereocenters. The summed E-state index contributed by atoms with van der Waals surface area (Å²) in [5, 5.41) is 16.4. The van der Waals surface area contributed by atoms with Crippen LogP contribution in [0.15, 0.2) is 12.4 Å². The van der Waals surface area contributed by atoms with Gasteiger partial charge >= 0.3 is 47.8 Å². The number of esters is 8. The standard InChI is InChI=1S/C54H84N8O26/c1-35(63)79-33-45-47(81-37(3)65)49(83-39(5)67)51(85-41(7)69)53(87-45)61-29-43(55-57-61)31-77-27-25-75-23-21-73-19-17-71-15-13-59-9-11-60(12-10-59)14-16-72-18-20-74-22-24-76-26-28-78-32-44-30-62(58-56-44)54-52(86-42(8)70)50(84-40(6)68)48(82-38(4)66)46(88-54)34-80-36(2)64/h29-30,45-54H,9-28,31-34H2,1-8H3/t45-,46-,47+,48+,49+,50+,51-,52-,53-,54-/m1/s1. The molecular formula is C54H84N8O26. The zero-order valence-corrected chi connectivity index (χ0v) is 51.1. The van der Waals surface area contributed by atoms with Crippen LogP contribution in [0.4, 0.5) is 0 Å². The quantitative estimate of drug-likeness (QED) is 0.0431. The molecule has 0 aliphatic carbocycles. The average molecular weight is 1260 g/mol. The van der Waals surface area contributed by atoms with Crippen LogP contribution in [0.25, 0.3) is 0 Å². The molecule has 0 unspecified atom stereocenters. The van der Waals surface area contributed by atoms with Crippen LogP contribution in [-0.2, 0) is 137 Å². The minimum Gasteiger partial charge on any atom is -0.463 e. The van der Waals surface area contributed by atoms with Gasteiger partial charge < -0.3 is 85.3 Å². The Hall–Kier alpha value is -6.44. The second-order valence-electron chi connectivity index (χ2n) is 20.0. The first-order chi connectivity index (χ1) is 42.3. The van der Waals surface area contributed by atoms with Crippen molar-refractivity contribution in [2.75, 3.05) is 145 Å². The molecule has 3 saturated heterocycles. The van der Waals surface area contributed by atoms with Gasteiger partial charge in [-0.25, -0.2) is 9.36 Å². The summed E-state index contributed by atoms with van der Waals surface area (Å²) in [6.45, 7) is 19.4. The Bertz CT molecular complexity index is 2300. The van der Waals surface area contributed by atoms with Crippen molar-refractivity contribution in [3.05, 3.63) is 23.8 Å². The smallest absolute Gasteiger partial charge is 0.303 e. The molecule has 0 spiro atoms. The van der Waals surface area contributed by atoms with Crippen molar-refractivity contribution in [2.24, 2.45) is 0 Å². The fourth-order valence-corrected chi connectivity index (χ4v) is 9.14. The molecule has 2 aromatic heterocycles. The lowest BCUT2D eigenvalue weighted by molar-refractivity contribution is -0.270. The van der Waals surface area contributed by atoms with Crippen molar-refractivity contribution < 1.29 is 124 Å². The van der Waals surface area contributed by atoms with Gasteiger partial charge in [-0.05, 0) is 0 Å². The molecule has 0 amide bonds. The summed E-state index contributed by atoms with van der Waals surface area (Å²) in [6, 6.07) is 0. The SMILES string of the molecule is CC(=O)OC[C@H]1O[C@@H](n2cc(COCCOCCOCCOCCN3CCN(CCOCCOCCOCCOCc4cn([C@@H]5O[C@H](COC(C)=O)[C@H](OC(C)=O)[C@H](OC(C)=O)[C@H]5OC(C)=O)nn4)CC3)nn2)[C@H](OC(C)=O)[C@@H](OC(C)=O)[C@H]1OC(C)=O. The number of carbonyl (C=O) groups is 8. The van der Waals surface area contributed by atoms with E-state index in [1.54, 1.807) is 0 Å². The van der Waals surface area contributed by atoms with Crippen LogP contribution in [0.2, 0.25) is 0 Å². The third-order valence-electron chi connectivity index (χ3n) is 12.9. The van der Waals surface area contributed by atoms with Gasteiger partial charge in [0.1, 0.15) is 36.8 Å². The van der Waals surface area contributed by atoms with Crippen LogP contribution >= 0.6 is 0 Å². The van der Waals surface area contributed by atoms with Gasteiger partial charge in [0.15, 0.2) is 49.1 Å². The summed E-state index contributed by atoms with van der Waals surface area (Å²) >= 11 is 0. The minimum absolute atomic E-state index is 0.0406. The second-order valence-corrected chi connectivity index (χ2v) is 20.0. The Morgan fingerprint density at radius 1 is 0.375 bits per heavy atom. The van der Waals surface area contributed by atoms with E-state index in [1.807, 2.05) is 0 Å². The van der Waals surface area contributed by atoms with E-state index < -0.39 is 109 Å². The molecule has 3 fully saturated rings. The van der Waals surface area contributed by atoms with Crippen molar-refractivity contribution in [1.29, 1.82) is 0 Å². The number of ether oxygens (including phenoxy) is 18. The first-order valence-corrected chi connectivity index (χ1v) is 28.8. The molecule has 0 radical (unpaired) electrons. The first-order valence-electron chi connectivity index (χ1n) is 28.8. The fourth-order valence-electron chi connectivity index (χ4n) is 9.14. The van der Waals surface area contributed by atoms with Crippen LogP contribution in [0, 0.1) is 0 Å². The molecule has 0 saturated carbocycles. The zero-order chi connectivity index (χ0) is 63.8. The topological polar surface area (TPSA) is 371 Å². The molecule has 3 aliphatic heterocycles. The number of piperazine rings is 1. The van der Waals surface area contributed by atoms with Crippen molar-refractivity contribution in [1.82, 2.24) is 39.8 Å². The molecule has 3 aliphatic rings. The fraction of sp³-hybridized carbons (Fsp3) is 0.778. The largest absolute Gasteiger partial charge is 0.463 e. The van der Waals surface area contributed by atoms with Gasteiger partial charge in [0.05, 0.1) is 118 Å². The predicted octanol–water partition coefficient (Wildman–Crippen LogP) is -1.17. The summed E-state index contributed by atoms with van der Waals surface area (Å²) in [4.78, 5) is 101. The molecule has 0 bridgehead atoms. The molecule has 5 rings (SSSR count). The number of nitrogens with zero attached hydrogens (tertiary/aromatic N) is 8. The molecule has 88 heavy (non-hydrogen) atoms. The number of hydrogen-bond donors (Lipinski definition) is 0. The van der Waals surface area contributed by atoms with Crippen molar-refractivity contribution in [2.45, 2.75) is 130 Å². The van der Waals surface area contributed by atoms with E-state index >= 15 is 0 Å². The first kappa shape index (κ1) is 72.3. The summed E-state index contributed by atoms with van der Waals surface area (Å²) in [7, 11) is 0. The van der Waals surface area contributed by atoms with Gasteiger partial charge in [-0.2, -0.15) is 0 Å². The maximum absolute atomic E-state index is 12.2. The second kappa shape index (κ2) is 39.5. The van der Waals surface area contributed by atoms with Gasteiger partial charge in [0.2, 0.25) is 0 Å². The van der Waals surface area contributed by atoms with Gasteiger partial charge in [-0.1, -0.05) is 10.4 Å². The lowest BCUT2D eigenvalue weighted by Crippen LogP contribution is -2.60. The highest BCUT2D eigenvalue weighted by Crippen LogP contribution is 2.36. The normalized spacial score (nSPS) is 23.1. The third kappa shape index (κ3) is 26.7.